The fourth-order valence-corrected chi connectivity index (χ4v) is 2.32. The fourth-order valence-electron chi connectivity index (χ4n) is 2.32. The lowest BCUT2D eigenvalue weighted by molar-refractivity contribution is -0.145. The molecule has 0 radical (unpaired) electrons. The summed E-state index contributed by atoms with van der Waals surface area (Å²) in [6.45, 7) is 4.58. The molecule has 1 heterocycles. The lowest BCUT2D eigenvalue weighted by Gasteiger charge is -2.36. The van der Waals surface area contributed by atoms with Crippen LogP contribution in [0.1, 0.15) is 33.1 Å². The number of nitrogens with one attached hydrogen (secondary N) is 1. The van der Waals surface area contributed by atoms with Gasteiger partial charge in [0.15, 0.2) is 0 Å². The Kier molecular flexibility index (Phi) is 5.14. The van der Waals surface area contributed by atoms with Gasteiger partial charge in [0, 0.05) is 12.6 Å². The molecular weight excluding hydrogens is 252 g/mol. The minimum absolute atomic E-state index is 0.0306. The predicted molar refractivity (Wildman–Crippen MR) is 66.8 cm³/mol. The van der Waals surface area contributed by atoms with Crippen molar-refractivity contribution in [3.8, 4) is 0 Å². The lowest BCUT2D eigenvalue weighted by atomic mass is 9.94. The van der Waals surface area contributed by atoms with E-state index in [2.05, 4.69) is 12.2 Å². The number of aliphatic carboxylic acids is 2. The van der Waals surface area contributed by atoms with E-state index in [1.807, 2.05) is 6.92 Å². The SMILES string of the molecule is CC1CCN(C(=O)NC(CC(=O)O)C(=O)O)C(C)C1. The Morgan fingerprint density at radius 2 is 1.95 bits per heavy atom. The number of hydrogen-bond donors (Lipinski definition) is 3. The van der Waals surface area contributed by atoms with Crippen LogP contribution < -0.4 is 5.32 Å². The summed E-state index contributed by atoms with van der Waals surface area (Å²) >= 11 is 0. The highest BCUT2D eigenvalue weighted by molar-refractivity contribution is 5.86. The van der Waals surface area contributed by atoms with Crippen LogP contribution in [0.5, 0.6) is 0 Å². The molecule has 108 valence electrons. The second-order valence-corrected chi connectivity index (χ2v) is 5.11. The zero-order valence-electron chi connectivity index (χ0n) is 11.1. The van der Waals surface area contributed by atoms with E-state index in [0.29, 0.717) is 12.5 Å². The molecule has 0 bridgehead atoms. The van der Waals surface area contributed by atoms with Gasteiger partial charge in [0.05, 0.1) is 6.42 Å². The van der Waals surface area contributed by atoms with Gasteiger partial charge in [-0.2, -0.15) is 0 Å². The maximum Gasteiger partial charge on any atom is 0.326 e. The summed E-state index contributed by atoms with van der Waals surface area (Å²) in [4.78, 5) is 35.0. The Balaban J connectivity index is 2.61. The van der Waals surface area contributed by atoms with Crippen LogP contribution in [-0.4, -0.2) is 51.7 Å². The molecule has 1 aliphatic rings. The largest absolute Gasteiger partial charge is 0.481 e. The average molecular weight is 272 g/mol. The number of piperidine rings is 1. The number of urea groups is 1. The molecule has 3 atom stereocenters. The Hall–Kier alpha value is -1.79. The first kappa shape index (κ1) is 15.3. The van der Waals surface area contributed by atoms with Crippen molar-refractivity contribution in [3.05, 3.63) is 0 Å². The van der Waals surface area contributed by atoms with Gasteiger partial charge >= 0.3 is 18.0 Å². The smallest absolute Gasteiger partial charge is 0.326 e. The number of amides is 2. The molecule has 0 aliphatic carbocycles. The highest BCUT2D eigenvalue weighted by Gasteiger charge is 2.30. The second-order valence-electron chi connectivity index (χ2n) is 5.11. The average Bonchev–Trinajstić information content (AvgIpc) is 2.26. The third kappa shape index (κ3) is 4.42. The summed E-state index contributed by atoms with van der Waals surface area (Å²) in [5.41, 5.74) is 0. The van der Waals surface area contributed by atoms with Crippen molar-refractivity contribution in [2.45, 2.75) is 45.2 Å². The van der Waals surface area contributed by atoms with Gasteiger partial charge in [-0.05, 0) is 25.7 Å². The number of carbonyl (C=O) groups excluding carboxylic acids is 1. The van der Waals surface area contributed by atoms with Crippen molar-refractivity contribution in [2.24, 2.45) is 5.92 Å². The minimum atomic E-state index is -1.39. The second kappa shape index (κ2) is 6.40. The first-order valence-electron chi connectivity index (χ1n) is 6.33. The normalized spacial score (nSPS) is 24.6. The van der Waals surface area contributed by atoms with Crippen LogP contribution in [0.25, 0.3) is 0 Å². The summed E-state index contributed by atoms with van der Waals surface area (Å²) < 4.78 is 0. The molecule has 1 aliphatic heterocycles. The molecule has 0 saturated carbocycles. The molecule has 0 aromatic heterocycles. The van der Waals surface area contributed by atoms with Gasteiger partial charge in [0.2, 0.25) is 0 Å². The summed E-state index contributed by atoms with van der Waals surface area (Å²) in [6.07, 6.45) is 1.11. The van der Waals surface area contributed by atoms with Gasteiger partial charge in [0.1, 0.15) is 6.04 Å². The van der Waals surface area contributed by atoms with E-state index < -0.39 is 30.4 Å². The molecular formula is C12H20N2O5. The maximum atomic E-state index is 12.0. The lowest BCUT2D eigenvalue weighted by Crippen LogP contribution is -2.53. The molecule has 7 nitrogen and oxygen atoms in total. The van der Waals surface area contributed by atoms with E-state index in [0.717, 1.165) is 12.8 Å². The molecule has 3 N–H and O–H groups in total. The van der Waals surface area contributed by atoms with Crippen molar-refractivity contribution < 1.29 is 24.6 Å². The topological polar surface area (TPSA) is 107 Å². The third-order valence-electron chi connectivity index (χ3n) is 3.37. The van der Waals surface area contributed by atoms with Gasteiger partial charge in [-0.1, -0.05) is 6.92 Å². The van der Waals surface area contributed by atoms with Crippen molar-refractivity contribution in [2.75, 3.05) is 6.54 Å². The van der Waals surface area contributed by atoms with Crippen molar-refractivity contribution in [3.63, 3.8) is 0 Å². The zero-order valence-corrected chi connectivity index (χ0v) is 11.1. The summed E-state index contributed by atoms with van der Waals surface area (Å²) in [6, 6.07) is -1.87. The Morgan fingerprint density at radius 3 is 2.42 bits per heavy atom. The number of carbonyl (C=O) groups is 3. The van der Waals surface area contributed by atoms with Crippen LogP contribution >= 0.6 is 0 Å². The van der Waals surface area contributed by atoms with Crippen molar-refractivity contribution >= 4 is 18.0 Å². The Labute approximate surface area is 111 Å². The molecule has 0 aromatic carbocycles. The van der Waals surface area contributed by atoms with Crippen molar-refractivity contribution in [1.82, 2.24) is 10.2 Å². The van der Waals surface area contributed by atoms with Crippen LogP contribution in [0.15, 0.2) is 0 Å². The number of nitrogens with zero attached hydrogens (tertiary/aromatic N) is 1. The zero-order chi connectivity index (χ0) is 14.6. The number of carboxylic acid groups (broad SMARTS) is 2. The Morgan fingerprint density at radius 1 is 1.32 bits per heavy atom. The van der Waals surface area contributed by atoms with E-state index in [1.54, 1.807) is 4.90 Å². The number of carboxylic acids is 2. The van der Waals surface area contributed by atoms with Gasteiger partial charge in [-0.15, -0.1) is 0 Å². The van der Waals surface area contributed by atoms with E-state index in [1.165, 1.54) is 0 Å². The predicted octanol–water partition coefficient (Wildman–Crippen LogP) is 0.744. The van der Waals surface area contributed by atoms with E-state index in [-0.39, 0.29) is 6.04 Å². The van der Waals surface area contributed by atoms with E-state index in [4.69, 9.17) is 10.2 Å². The minimum Gasteiger partial charge on any atom is -0.481 e. The van der Waals surface area contributed by atoms with Gasteiger partial charge < -0.3 is 20.4 Å². The van der Waals surface area contributed by atoms with Crippen LogP contribution in [0.3, 0.4) is 0 Å². The summed E-state index contributed by atoms with van der Waals surface area (Å²) in [7, 11) is 0. The van der Waals surface area contributed by atoms with Gasteiger partial charge in [-0.25, -0.2) is 9.59 Å². The van der Waals surface area contributed by atoms with Crippen LogP contribution in [0.4, 0.5) is 4.79 Å². The first-order chi connectivity index (χ1) is 8.81. The molecule has 3 unspecified atom stereocenters. The molecule has 1 rings (SSSR count). The number of likely N-dealkylation sites (tertiary alicyclic amines) is 1. The maximum absolute atomic E-state index is 12.0. The quantitative estimate of drug-likeness (QED) is 0.700. The standard InChI is InChI=1S/C12H20N2O5/c1-7-3-4-14(8(2)5-7)12(19)13-9(11(17)18)6-10(15)16/h7-9H,3-6H2,1-2H3,(H,13,19)(H,15,16)(H,17,18). The molecule has 19 heavy (non-hydrogen) atoms. The molecule has 0 spiro atoms. The van der Waals surface area contributed by atoms with E-state index in [9.17, 15) is 14.4 Å². The van der Waals surface area contributed by atoms with Crippen LogP contribution in [-0.2, 0) is 9.59 Å². The highest BCUT2D eigenvalue weighted by atomic mass is 16.4. The first-order valence-corrected chi connectivity index (χ1v) is 6.33. The van der Waals surface area contributed by atoms with E-state index >= 15 is 0 Å². The highest BCUT2D eigenvalue weighted by Crippen LogP contribution is 2.22. The van der Waals surface area contributed by atoms with Crippen LogP contribution in [0.2, 0.25) is 0 Å². The van der Waals surface area contributed by atoms with Crippen molar-refractivity contribution in [1.29, 1.82) is 0 Å². The summed E-state index contributed by atoms with van der Waals surface area (Å²) in [5.74, 6) is -2.06. The molecule has 2 amide bonds. The number of rotatable bonds is 4. The monoisotopic (exact) mass is 272 g/mol. The number of hydrogen-bond acceptors (Lipinski definition) is 3. The van der Waals surface area contributed by atoms with Gasteiger partial charge in [0.25, 0.3) is 0 Å². The molecule has 0 aromatic rings. The fraction of sp³-hybridized carbons (Fsp3) is 0.750. The van der Waals surface area contributed by atoms with Gasteiger partial charge in [-0.3, -0.25) is 4.79 Å². The summed E-state index contributed by atoms with van der Waals surface area (Å²) in [5, 5.41) is 19.8. The third-order valence-corrected chi connectivity index (χ3v) is 3.37. The van der Waals surface area contributed by atoms with Crippen LogP contribution in [0, 0.1) is 5.92 Å². The molecule has 7 heteroatoms. The molecule has 1 fully saturated rings. The molecule has 1 saturated heterocycles. The Bertz CT molecular complexity index is 371.